The van der Waals surface area contributed by atoms with Crippen molar-refractivity contribution >= 4 is 24.0 Å². The maximum absolute atomic E-state index is 12.9. The minimum Gasteiger partial charge on any atom is -0.390 e. The van der Waals surface area contributed by atoms with E-state index in [1.54, 1.807) is 6.07 Å². The predicted octanol–water partition coefficient (Wildman–Crippen LogP) is 2.39. The van der Waals surface area contributed by atoms with Gasteiger partial charge in [0.2, 0.25) is 0 Å². The first-order valence-corrected chi connectivity index (χ1v) is 4.35. The van der Waals surface area contributed by atoms with Crippen molar-refractivity contribution in [2.45, 2.75) is 12.0 Å². The fourth-order valence-electron chi connectivity index (χ4n) is 1.04. The Balaban J connectivity index is 0.00000196. The Bertz CT molecular complexity index is 323. The van der Waals surface area contributed by atoms with Gasteiger partial charge in [0.25, 0.3) is 5.92 Å². The van der Waals surface area contributed by atoms with Crippen LogP contribution in [-0.4, -0.2) is 17.6 Å². The molecule has 0 fully saturated rings. The topological polar surface area (TPSA) is 46.2 Å². The molecule has 0 unspecified atom stereocenters. The molecule has 0 saturated carbocycles. The highest BCUT2D eigenvalue weighted by molar-refractivity contribution is 6.30. The Morgan fingerprint density at radius 2 is 2.07 bits per heavy atom. The molecule has 86 valence electrons. The van der Waals surface area contributed by atoms with Crippen molar-refractivity contribution < 1.29 is 13.9 Å². The minimum absolute atomic E-state index is 0. The molecule has 0 spiro atoms. The number of halogens is 4. The van der Waals surface area contributed by atoms with Crippen LogP contribution >= 0.6 is 24.0 Å². The molecule has 0 aromatic heterocycles. The Morgan fingerprint density at radius 1 is 1.47 bits per heavy atom. The van der Waals surface area contributed by atoms with Gasteiger partial charge in [-0.3, -0.25) is 0 Å². The zero-order chi connectivity index (χ0) is 10.8. The zero-order valence-corrected chi connectivity index (χ0v) is 9.23. The van der Waals surface area contributed by atoms with E-state index in [0.29, 0.717) is 5.02 Å². The highest BCUT2D eigenvalue weighted by atomic mass is 35.5. The number of aliphatic hydroxyl groups excluding tert-OH is 1. The van der Waals surface area contributed by atoms with E-state index in [4.69, 9.17) is 22.4 Å². The first-order chi connectivity index (χ1) is 6.47. The van der Waals surface area contributed by atoms with Gasteiger partial charge in [0.05, 0.1) is 6.04 Å². The smallest absolute Gasteiger partial charge is 0.289 e. The molecule has 0 aliphatic rings. The van der Waals surface area contributed by atoms with Gasteiger partial charge in [-0.05, 0) is 17.7 Å². The number of aliphatic hydroxyl groups is 1. The first-order valence-electron chi connectivity index (χ1n) is 3.97. The van der Waals surface area contributed by atoms with Crippen LogP contribution in [0, 0.1) is 0 Å². The normalized spacial score (nSPS) is 13.1. The average molecular weight is 258 g/mol. The fraction of sp³-hybridized carbons (Fsp3) is 0.333. The van der Waals surface area contributed by atoms with Gasteiger partial charge in [-0.15, -0.1) is 12.4 Å². The molecule has 0 aliphatic heterocycles. The summed E-state index contributed by atoms with van der Waals surface area (Å²) in [5, 5.41) is 8.77. The fourth-order valence-corrected chi connectivity index (χ4v) is 1.24. The monoisotopic (exact) mass is 257 g/mol. The molecule has 3 N–H and O–H groups in total. The summed E-state index contributed by atoms with van der Waals surface area (Å²) in [6, 6.07) is 4.36. The largest absolute Gasteiger partial charge is 0.390 e. The number of hydrogen-bond donors (Lipinski definition) is 2. The lowest BCUT2D eigenvalue weighted by atomic mass is 10.0. The van der Waals surface area contributed by atoms with Crippen molar-refractivity contribution in [2.24, 2.45) is 5.73 Å². The highest BCUT2D eigenvalue weighted by Crippen LogP contribution is 2.29. The number of alkyl halides is 2. The first kappa shape index (κ1) is 14.6. The molecule has 6 heteroatoms. The summed E-state index contributed by atoms with van der Waals surface area (Å²) in [5.41, 5.74) is 5.49. The van der Waals surface area contributed by atoms with Crippen LogP contribution < -0.4 is 5.73 Å². The van der Waals surface area contributed by atoms with E-state index < -0.39 is 18.6 Å². The van der Waals surface area contributed by atoms with Crippen molar-refractivity contribution in [1.29, 1.82) is 0 Å². The minimum atomic E-state index is -3.33. The lowest BCUT2D eigenvalue weighted by molar-refractivity contribution is -0.0711. The van der Waals surface area contributed by atoms with Crippen LogP contribution in [0.2, 0.25) is 5.02 Å². The second-order valence-electron chi connectivity index (χ2n) is 2.95. The molecule has 1 rings (SSSR count). The predicted molar refractivity (Wildman–Crippen MR) is 57.7 cm³/mol. The Hall–Kier alpha value is -0.420. The van der Waals surface area contributed by atoms with Crippen molar-refractivity contribution in [3.05, 3.63) is 34.9 Å². The lowest BCUT2D eigenvalue weighted by Gasteiger charge is -2.21. The third-order valence-corrected chi connectivity index (χ3v) is 2.11. The SMILES string of the molecule is Cl.N[C@H](c1cccc(Cl)c1)C(F)(F)CO. The van der Waals surface area contributed by atoms with Crippen molar-refractivity contribution in [1.82, 2.24) is 0 Å². The zero-order valence-electron chi connectivity index (χ0n) is 7.66. The van der Waals surface area contributed by atoms with Crippen LogP contribution in [-0.2, 0) is 0 Å². The Kier molecular flexibility index (Phi) is 5.45. The molecule has 0 amide bonds. The summed E-state index contributed by atoms with van der Waals surface area (Å²) in [6.45, 7) is -1.28. The summed E-state index contributed by atoms with van der Waals surface area (Å²) >= 11 is 5.62. The molecule has 0 radical (unpaired) electrons. The van der Waals surface area contributed by atoms with Gasteiger partial charge in [-0.2, -0.15) is 0 Å². The van der Waals surface area contributed by atoms with E-state index >= 15 is 0 Å². The number of hydrogen-bond acceptors (Lipinski definition) is 2. The van der Waals surface area contributed by atoms with Crippen LogP contribution in [0.15, 0.2) is 24.3 Å². The van der Waals surface area contributed by atoms with E-state index in [1.165, 1.54) is 18.2 Å². The van der Waals surface area contributed by atoms with Gasteiger partial charge in [0.15, 0.2) is 0 Å². The summed E-state index contributed by atoms with van der Waals surface area (Å²) in [6.07, 6.45) is 0. The molecular weight excluding hydrogens is 247 g/mol. The molecule has 0 saturated heterocycles. The molecule has 0 bridgehead atoms. The van der Waals surface area contributed by atoms with Gasteiger partial charge in [0.1, 0.15) is 6.61 Å². The molecular formula is C9H11Cl2F2NO. The van der Waals surface area contributed by atoms with E-state index in [1.807, 2.05) is 0 Å². The molecule has 2 nitrogen and oxygen atoms in total. The Morgan fingerprint density at radius 3 is 2.53 bits per heavy atom. The summed E-state index contributed by atoms with van der Waals surface area (Å²) < 4.78 is 25.9. The van der Waals surface area contributed by atoms with E-state index in [9.17, 15) is 8.78 Å². The van der Waals surface area contributed by atoms with Crippen LogP contribution in [0.1, 0.15) is 11.6 Å². The quantitative estimate of drug-likeness (QED) is 0.874. The highest BCUT2D eigenvalue weighted by Gasteiger charge is 2.37. The second-order valence-corrected chi connectivity index (χ2v) is 3.39. The molecule has 0 aliphatic carbocycles. The van der Waals surface area contributed by atoms with Gasteiger partial charge in [-0.25, -0.2) is 8.78 Å². The Labute approximate surface area is 97.4 Å². The number of benzene rings is 1. The maximum atomic E-state index is 12.9. The third-order valence-electron chi connectivity index (χ3n) is 1.87. The van der Waals surface area contributed by atoms with Crippen LogP contribution in [0.5, 0.6) is 0 Å². The van der Waals surface area contributed by atoms with Crippen molar-refractivity contribution in [3.63, 3.8) is 0 Å². The van der Waals surface area contributed by atoms with Crippen LogP contribution in [0.25, 0.3) is 0 Å². The van der Waals surface area contributed by atoms with Crippen molar-refractivity contribution in [2.75, 3.05) is 6.61 Å². The second kappa shape index (κ2) is 5.61. The van der Waals surface area contributed by atoms with Crippen LogP contribution in [0.3, 0.4) is 0 Å². The molecule has 15 heavy (non-hydrogen) atoms. The van der Waals surface area contributed by atoms with Gasteiger partial charge in [-0.1, -0.05) is 23.7 Å². The van der Waals surface area contributed by atoms with Gasteiger partial charge < -0.3 is 10.8 Å². The van der Waals surface area contributed by atoms with E-state index in [-0.39, 0.29) is 18.0 Å². The summed E-state index contributed by atoms with van der Waals surface area (Å²) in [4.78, 5) is 0. The molecule has 1 aromatic rings. The third kappa shape index (κ3) is 3.57. The van der Waals surface area contributed by atoms with Gasteiger partial charge in [0, 0.05) is 5.02 Å². The average Bonchev–Trinajstić information content (AvgIpc) is 2.16. The number of nitrogens with two attached hydrogens (primary N) is 1. The van der Waals surface area contributed by atoms with E-state index in [2.05, 4.69) is 0 Å². The number of rotatable bonds is 3. The van der Waals surface area contributed by atoms with Crippen LogP contribution in [0.4, 0.5) is 8.78 Å². The maximum Gasteiger partial charge on any atom is 0.289 e. The molecule has 1 aromatic carbocycles. The summed E-state index contributed by atoms with van der Waals surface area (Å²) in [7, 11) is 0. The molecule has 0 heterocycles. The van der Waals surface area contributed by atoms with Crippen molar-refractivity contribution in [3.8, 4) is 0 Å². The lowest BCUT2D eigenvalue weighted by Crippen LogP contribution is -2.36. The van der Waals surface area contributed by atoms with Gasteiger partial charge >= 0.3 is 0 Å². The molecule has 1 atom stereocenters. The summed E-state index contributed by atoms with van der Waals surface area (Å²) in [5.74, 6) is -3.33. The van der Waals surface area contributed by atoms with E-state index in [0.717, 1.165) is 0 Å². The standard InChI is InChI=1S/C9H10ClF2NO.ClH/c10-7-3-1-2-6(4-7)8(13)9(11,12)5-14;/h1-4,8,14H,5,13H2;1H/t8-;/m1./s1.